The molecule has 0 aliphatic rings. The molecule has 0 saturated carbocycles. The summed E-state index contributed by atoms with van der Waals surface area (Å²) in [4.78, 5) is 12.0. The lowest BCUT2D eigenvalue weighted by atomic mass is 10.1. The fourth-order valence-electron chi connectivity index (χ4n) is 1.70. The van der Waals surface area contributed by atoms with Gasteiger partial charge in [0.2, 0.25) is 0 Å². The number of hydrazone groups is 1. The highest BCUT2D eigenvalue weighted by atomic mass is 79.9. The fraction of sp³-hybridized carbons (Fsp3) is 0.125. The molecule has 0 fully saturated rings. The van der Waals surface area contributed by atoms with Crippen molar-refractivity contribution >= 4 is 27.5 Å². The van der Waals surface area contributed by atoms with E-state index in [1.54, 1.807) is 6.07 Å². The molecule has 0 bridgehead atoms. The number of rotatable bonds is 3. The van der Waals surface area contributed by atoms with Crippen LogP contribution in [-0.2, 0) is 0 Å². The molecule has 102 valence electrons. The van der Waals surface area contributed by atoms with E-state index in [0.29, 0.717) is 5.56 Å². The number of nitrogens with zero attached hydrogens (tertiary/aromatic N) is 1. The second-order valence-electron chi connectivity index (χ2n) is 4.48. The molecule has 2 rings (SSSR count). The molecule has 3 nitrogen and oxygen atoms in total. The van der Waals surface area contributed by atoms with E-state index in [1.165, 1.54) is 5.56 Å². The molecule has 1 amide bonds. The van der Waals surface area contributed by atoms with Gasteiger partial charge in [-0.05, 0) is 47.5 Å². The van der Waals surface area contributed by atoms with Crippen molar-refractivity contribution in [3.63, 3.8) is 0 Å². The smallest absolute Gasteiger partial charge is 0.267 e. The second kappa shape index (κ2) is 6.48. The lowest BCUT2D eigenvalue weighted by Crippen LogP contribution is -2.19. The Kier molecular flexibility index (Phi) is 4.69. The van der Waals surface area contributed by atoms with E-state index in [9.17, 15) is 4.79 Å². The number of aryl methyl sites for hydroxylation is 1. The van der Waals surface area contributed by atoms with E-state index < -0.39 is 0 Å². The van der Waals surface area contributed by atoms with Gasteiger partial charge in [-0.3, -0.25) is 4.79 Å². The van der Waals surface area contributed by atoms with Crippen LogP contribution >= 0.6 is 15.9 Å². The van der Waals surface area contributed by atoms with Gasteiger partial charge in [0.15, 0.2) is 0 Å². The van der Waals surface area contributed by atoms with Crippen molar-refractivity contribution in [3.8, 4) is 0 Å². The molecule has 0 saturated heterocycles. The van der Waals surface area contributed by atoms with E-state index in [-0.39, 0.29) is 5.91 Å². The highest BCUT2D eigenvalue weighted by molar-refractivity contribution is 9.10. The first-order valence-corrected chi connectivity index (χ1v) is 7.03. The van der Waals surface area contributed by atoms with E-state index in [2.05, 4.69) is 26.5 Å². The van der Waals surface area contributed by atoms with Crippen LogP contribution in [-0.4, -0.2) is 11.6 Å². The molecular weight excluding hydrogens is 316 g/mol. The fourth-order valence-corrected chi connectivity index (χ4v) is 2.16. The molecule has 0 spiro atoms. The Hall–Kier alpha value is -1.94. The van der Waals surface area contributed by atoms with Crippen LogP contribution in [0.3, 0.4) is 0 Å². The first kappa shape index (κ1) is 14.5. The van der Waals surface area contributed by atoms with Crippen molar-refractivity contribution in [2.24, 2.45) is 5.10 Å². The van der Waals surface area contributed by atoms with Crippen LogP contribution in [0.1, 0.15) is 28.4 Å². The number of amides is 1. The number of hydrogen-bond donors (Lipinski definition) is 1. The van der Waals surface area contributed by atoms with E-state index >= 15 is 0 Å². The minimum absolute atomic E-state index is 0.232. The number of nitrogens with one attached hydrogen (secondary N) is 1. The molecule has 0 aromatic heterocycles. The van der Waals surface area contributed by atoms with Crippen LogP contribution in [0, 0.1) is 6.92 Å². The number of hydrogen-bond acceptors (Lipinski definition) is 2. The van der Waals surface area contributed by atoms with E-state index in [1.807, 2.05) is 56.3 Å². The van der Waals surface area contributed by atoms with Crippen LogP contribution < -0.4 is 5.43 Å². The SMILES string of the molecule is C/C(=N/NC(=O)c1ccccc1Br)c1ccc(C)cc1. The Morgan fingerprint density at radius 2 is 1.75 bits per heavy atom. The molecular formula is C16H15BrN2O. The summed E-state index contributed by atoms with van der Waals surface area (Å²) in [6.45, 7) is 3.90. The first-order chi connectivity index (χ1) is 9.58. The van der Waals surface area contributed by atoms with Crippen LogP contribution in [0.5, 0.6) is 0 Å². The summed E-state index contributed by atoms with van der Waals surface area (Å²) >= 11 is 3.35. The summed E-state index contributed by atoms with van der Waals surface area (Å²) in [5, 5.41) is 4.14. The average molecular weight is 331 g/mol. The maximum Gasteiger partial charge on any atom is 0.272 e. The van der Waals surface area contributed by atoms with E-state index in [0.717, 1.165) is 15.7 Å². The quantitative estimate of drug-likeness (QED) is 0.672. The highest BCUT2D eigenvalue weighted by Crippen LogP contribution is 2.15. The van der Waals surface area contributed by atoms with Crippen molar-refractivity contribution in [2.75, 3.05) is 0 Å². The van der Waals surface area contributed by atoms with Gasteiger partial charge < -0.3 is 0 Å². The molecule has 0 aliphatic carbocycles. The number of carbonyl (C=O) groups excluding carboxylic acids is 1. The van der Waals surface area contributed by atoms with Gasteiger partial charge in [0.25, 0.3) is 5.91 Å². The number of halogens is 1. The average Bonchev–Trinajstić information content (AvgIpc) is 2.45. The van der Waals surface area contributed by atoms with Crippen molar-refractivity contribution < 1.29 is 4.79 Å². The van der Waals surface area contributed by atoms with Crippen LogP contribution in [0.4, 0.5) is 0 Å². The normalized spacial score (nSPS) is 11.2. The molecule has 4 heteroatoms. The first-order valence-electron chi connectivity index (χ1n) is 6.24. The summed E-state index contributed by atoms with van der Waals surface area (Å²) in [6.07, 6.45) is 0. The third kappa shape index (κ3) is 3.54. The van der Waals surface area contributed by atoms with Gasteiger partial charge >= 0.3 is 0 Å². The summed E-state index contributed by atoms with van der Waals surface area (Å²) in [6, 6.07) is 15.3. The third-order valence-electron chi connectivity index (χ3n) is 2.91. The van der Waals surface area contributed by atoms with E-state index in [4.69, 9.17) is 0 Å². The maximum absolute atomic E-state index is 12.0. The molecule has 0 unspecified atom stereocenters. The molecule has 0 radical (unpaired) electrons. The molecule has 2 aromatic rings. The second-order valence-corrected chi connectivity index (χ2v) is 5.34. The Morgan fingerprint density at radius 3 is 2.40 bits per heavy atom. The zero-order valence-electron chi connectivity index (χ0n) is 11.4. The number of benzene rings is 2. The monoisotopic (exact) mass is 330 g/mol. The summed E-state index contributed by atoms with van der Waals surface area (Å²) in [5.74, 6) is -0.232. The van der Waals surface area contributed by atoms with Gasteiger partial charge in [0.1, 0.15) is 0 Å². The molecule has 0 aliphatic heterocycles. The Morgan fingerprint density at radius 1 is 1.10 bits per heavy atom. The van der Waals surface area contributed by atoms with Crippen molar-refractivity contribution in [2.45, 2.75) is 13.8 Å². The molecule has 1 N–H and O–H groups in total. The predicted molar refractivity (Wildman–Crippen MR) is 85.0 cm³/mol. The van der Waals surface area contributed by atoms with Crippen LogP contribution in [0.15, 0.2) is 58.1 Å². The standard InChI is InChI=1S/C16H15BrN2O/c1-11-7-9-13(10-8-11)12(2)18-19-16(20)14-5-3-4-6-15(14)17/h3-10H,1-2H3,(H,19,20)/b18-12-. The van der Waals surface area contributed by atoms with Gasteiger partial charge in [-0.25, -0.2) is 5.43 Å². The zero-order chi connectivity index (χ0) is 14.5. The minimum atomic E-state index is -0.232. The zero-order valence-corrected chi connectivity index (χ0v) is 12.9. The maximum atomic E-state index is 12.0. The molecule has 0 atom stereocenters. The van der Waals surface area contributed by atoms with Gasteiger partial charge in [-0.15, -0.1) is 0 Å². The summed E-state index contributed by atoms with van der Waals surface area (Å²) in [5.41, 5.74) is 6.09. The number of carbonyl (C=O) groups is 1. The van der Waals surface area contributed by atoms with Crippen LogP contribution in [0.2, 0.25) is 0 Å². The third-order valence-corrected chi connectivity index (χ3v) is 3.60. The largest absolute Gasteiger partial charge is 0.272 e. The van der Waals surface area contributed by atoms with Crippen molar-refractivity contribution in [1.29, 1.82) is 0 Å². The Bertz CT molecular complexity index is 648. The lowest BCUT2D eigenvalue weighted by molar-refractivity contribution is 0.0954. The van der Waals surface area contributed by atoms with Gasteiger partial charge in [-0.1, -0.05) is 42.0 Å². The minimum Gasteiger partial charge on any atom is -0.267 e. The van der Waals surface area contributed by atoms with Gasteiger partial charge in [-0.2, -0.15) is 5.10 Å². The van der Waals surface area contributed by atoms with Crippen LogP contribution in [0.25, 0.3) is 0 Å². The predicted octanol–water partition coefficient (Wildman–Crippen LogP) is 3.91. The highest BCUT2D eigenvalue weighted by Gasteiger charge is 2.08. The van der Waals surface area contributed by atoms with Crippen molar-refractivity contribution in [1.82, 2.24) is 5.43 Å². The van der Waals surface area contributed by atoms with Gasteiger partial charge in [0.05, 0.1) is 11.3 Å². The molecule has 2 aromatic carbocycles. The summed E-state index contributed by atoms with van der Waals surface area (Å²) in [7, 11) is 0. The topological polar surface area (TPSA) is 41.5 Å². The van der Waals surface area contributed by atoms with Gasteiger partial charge in [0, 0.05) is 4.47 Å². The van der Waals surface area contributed by atoms with Crippen molar-refractivity contribution in [3.05, 3.63) is 69.7 Å². The molecule has 0 heterocycles. The Balaban J connectivity index is 2.11. The molecule has 20 heavy (non-hydrogen) atoms. The summed E-state index contributed by atoms with van der Waals surface area (Å²) < 4.78 is 0.751. The lowest BCUT2D eigenvalue weighted by Gasteiger charge is -2.05. The Labute approximate surface area is 126 Å².